The first kappa shape index (κ1) is 14.7. The zero-order chi connectivity index (χ0) is 15.4. The Morgan fingerprint density at radius 1 is 1.45 bits per heavy atom. The number of rotatable bonds is 4. The van der Waals surface area contributed by atoms with Gasteiger partial charge in [0.1, 0.15) is 0 Å². The average Bonchev–Trinajstić information content (AvgIpc) is 3.00. The van der Waals surface area contributed by atoms with Gasteiger partial charge in [-0.25, -0.2) is 0 Å². The Hall–Kier alpha value is -2.24. The van der Waals surface area contributed by atoms with Crippen molar-refractivity contribution < 1.29 is 9.32 Å². The van der Waals surface area contributed by atoms with Crippen molar-refractivity contribution in [1.29, 1.82) is 0 Å². The fourth-order valence-electron chi connectivity index (χ4n) is 2.83. The van der Waals surface area contributed by atoms with Crippen LogP contribution in [0.4, 0.5) is 0 Å². The van der Waals surface area contributed by atoms with Crippen LogP contribution in [0, 0.1) is 6.92 Å². The quantitative estimate of drug-likeness (QED) is 0.864. The predicted octanol–water partition coefficient (Wildman–Crippen LogP) is 2.11. The van der Waals surface area contributed by atoms with Gasteiger partial charge in [-0.2, -0.15) is 4.98 Å². The molecule has 1 fully saturated rings. The van der Waals surface area contributed by atoms with E-state index in [4.69, 9.17) is 4.52 Å². The Labute approximate surface area is 129 Å². The highest BCUT2D eigenvalue weighted by molar-refractivity contribution is 5.76. The molecule has 1 atom stereocenters. The Bertz CT molecular complexity index is 626. The third-order valence-corrected chi connectivity index (χ3v) is 4.00. The lowest BCUT2D eigenvalue weighted by Gasteiger charge is -2.31. The maximum atomic E-state index is 12.4. The van der Waals surface area contributed by atoms with Gasteiger partial charge in [-0.3, -0.25) is 9.78 Å². The Kier molecular flexibility index (Phi) is 4.46. The van der Waals surface area contributed by atoms with Crippen molar-refractivity contribution in [3.63, 3.8) is 0 Å². The van der Waals surface area contributed by atoms with E-state index in [2.05, 4.69) is 15.1 Å². The molecule has 6 nitrogen and oxygen atoms in total. The highest BCUT2D eigenvalue weighted by Gasteiger charge is 2.27. The fourth-order valence-corrected chi connectivity index (χ4v) is 2.83. The summed E-state index contributed by atoms with van der Waals surface area (Å²) in [6.07, 6.45) is 4.92. The van der Waals surface area contributed by atoms with E-state index in [9.17, 15) is 4.79 Å². The minimum atomic E-state index is 0.176. The zero-order valence-corrected chi connectivity index (χ0v) is 12.7. The summed E-state index contributed by atoms with van der Waals surface area (Å²) < 4.78 is 5.05. The Morgan fingerprint density at radius 3 is 3.09 bits per heavy atom. The molecule has 116 valence electrons. The van der Waals surface area contributed by atoms with Crippen molar-refractivity contribution in [2.24, 2.45) is 0 Å². The summed E-state index contributed by atoms with van der Waals surface area (Å²) in [5, 5.41) is 3.99. The number of nitrogens with zero attached hydrogens (tertiary/aromatic N) is 4. The van der Waals surface area contributed by atoms with Crippen molar-refractivity contribution in [2.75, 3.05) is 13.1 Å². The van der Waals surface area contributed by atoms with Crippen LogP contribution in [0.25, 0.3) is 0 Å². The van der Waals surface area contributed by atoms with Gasteiger partial charge in [-0.05, 0) is 31.4 Å². The largest absolute Gasteiger partial charge is 0.342 e. The van der Waals surface area contributed by atoms with Gasteiger partial charge >= 0.3 is 0 Å². The molecular formula is C16H20N4O2. The number of carbonyl (C=O) groups is 1. The molecule has 0 bridgehead atoms. The molecule has 2 aromatic heterocycles. The van der Waals surface area contributed by atoms with E-state index >= 15 is 0 Å². The molecule has 22 heavy (non-hydrogen) atoms. The summed E-state index contributed by atoms with van der Waals surface area (Å²) in [6.45, 7) is 3.28. The third kappa shape index (κ3) is 3.50. The molecule has 6 heteroatoms. The van der Waals surface area contributed by atoms with Crippen molar-refractivity contribution >= 4 is 5.91 Å². The number of aromatic nitrogens is 3. The molecule has 0 spiro atoms. The number of hydrogen-bond donors (Lipinski definition) is 0. The van der Waals surface area contributed by atoms with Gasteiger partial charge in [0.05, 0.1) is 0 Å². The number of aryl methyl sites for hydroxylation is 2. The van der Waals surface area contributed by atoms with E-state index < -0.39 is 0 Å². The molecule has 0 saturated carbocycles. The number of carbonyl (C=O) groups excluding carboxylic acids is 1. The average molecular weight is 300 g/mol. The molecule has 2 aromatic rings. The van der Waals surface area contributed by atoms with Gasteiger partial charge in [0, 0.05) is 44.2 Å². The predicted molar refractivity (Wildman–Crippen MR) is 80.1 cm³/mol. The van der Waals surface area contributed by atoms with Gasteiger partial charge < -0.3 is 9.42 Å². The summed E-state index contributed by atoms with van der Waals surface area (Å²) in [6, 6.07) is 5.78. The van der Waals surface area contributed by atoms with E-state index in [0.29, 0.717) is 25.3 Å². The summed E-state index contributed by atoms with van der Waals surface area (Å²) in [5.74, 6) is 1.66. The summed E-state index contributed by atoms with van der Waals surface area (Å²) >= 11 is 0. The Balaban J connectivity index is 1.56. The van der Waals surface area contributed by atoms with E-state index in [1.54, 1.807) is 13.1 Å². The summed E-state index contributed by atoms with van der Waals surface area (Å²) in [5.41, 5.74) is 0.957. The molecule has 0 radical (unpaired) electrons. The second-order valence-electron chi connectivity index (χ2n) is 5.67. The van der Waals surface area contributed by atoms with Crippen molar-refractivity contribution in [3.05, 3.63) is 41.8 Å². The van der Waals surface area contributed by atoms with Gasteiger partial charge in [-0.1, -0.05) is 11.2 Å². The lowest BCUT2D eigenvalue weighted by Crippen LogP contribution is -2.39. The van der Waals surface area contributed by atoms with Crippen LogP contribution in [0.1, 0.15) is 42.6 Å². The van der Waals surface area contributed by atoms with Crippen LogP contribution in [0.3, 0.4) is 0 Å². The maximum absolute atomic E-state index is 12.4. The minimum Gasteiger partial charge on any atom is -0.342 e. The first-order chi connectivity index (χ1) is 10.7. The minimum absolute atomic E-state index is 0.176. The first-order valence-electron chi connectivity index (χ1n) is 7.70. The van der Waals surface area contributed by atoms with Crippen LogP contribution >= 0.6 is 0 Å². The molecule has 1 aliphatic rings. The van der Waals surface area contributed by atoms with Crippen LogP contribution in [0.15, 0.2) is 28.9 Å². The van der Waals surface area contributed by atoms with Crippen LogP contribution in [0.2, 0.25) is 0 Å². The topological polar surface area (TPSA) is 72.1 Å². The SMILES string of the molecule is Cc1nc(C2CCCN(C(=O)CCc3ccccn3)C2)no1. The van der Waals surface area contributed by atoms with E-state index in [0.717, 1.165) is 30.9 Å². The molecule has 3 heterocycles. The fraction of sp³-hybridized carbons (Fsp3) is 0.500. The van der Waals surface area contributed by atoms with Crippen molar-refractivity contribution in [1.82, 2.24) is 20.0 Å². The van der Waals surface area contributed by atoms with Crippen molar-refractivity contribution in [2.45, 2.75) is 38.5 Å². The molecule has 1 aliphatic heterocycles. The van der Waals surface area contributed by atoms with Gasteiger partial charge in [-0.15, -0.1) is 0 Å². The number of likely N-dealkylation sites (tertiary alicyclic amines) is 1. The highest BCUT2D eigenvalue weighted by Crippen LogP contribution is 2.25. The summed E-state index contributed by atoms with van der Waals surface area (Å²) in [7, 11) is 0. The monoisotopic (exact) mass is 300 g/mol. The van der Waals surface area contributed by atoms with Gasteiger partial charge in [0.2, 0.25) is 11.8 Å². The van der Waals surface area contributed by atoms with Gasteiger partial charge in [0.15, 0.2) is 5.82 Å². The molecule has 1 amide bonds. The third-order valence-electron chi connectivity index (χ3n) is 4.00. The van der Waals surface area contributed by atoms with Crippen LogP contribution in [0.5, 0.6) is 0 Å². The smallest absolute Gasteiger partial charge is 0.223 e. The van der Waals surface area contributed by atoms with Gasteiger partial charge in [0.25, 0.3) is 0 Å². The molecule has 0 N–H and O–H groups in total. The molecular weight excluding hydrogens is 280 g/mol. The van der Waals surface area contributed by atoms with Crippen LogP contribution in [-0.2, 0) is 11.2 Å². The van der Waals surface area contributed by atoms with E-state index in [-0.39, 0.29) is 11.8 Å². The normalized spacial score (nSPS) is 18.4. The van der Waals surface area contributed by atoms with Crippen molar-refractivity contribution in [3.8, 4) is 0 Å². The van der Waals surface area contributed by atoms with Crippen LogP contribution < -0.4 is 0 Å². The lowest BCUT2D eigenvalue weighted by atomic mass is 9.97. The number of hydrogen-bond acceptors (Lipinski definition) is 5. The number of amides is 1. The second-order valence-corrected chi connectivity index (χ2v) is 5.67. The zero-order valence-electron chi connectivity index (χ0n) is 12.7. The summed E-state index contributed by atoms with van der Waals surface area (Å²) in [4.78, 5) is 22.9. The maximum Gasteiger partial charge on any atom is 0.223 e. The molecule has 1 saturated heterocycles. The number of pyridine rings is 1. The van der Waals surface area contributed by atoms with E-state index in [1.165, 1.54) is 0 Å². The molecule has 0 aliphatic carbocycles. The number of piperidine rings is 1. The molecule has 1 unspecified atom stereocenters. The lowest BCUT2D eigenvalue weighted by molar-refractivity contribution is -0.132. The molecule has 3 rings (SSSR count). The van der Waals surface area contributed by atoms with Crippen LogP contribution in [-0.4, -0.2) is 39.0 Å². The Morgan fingerprint density at radius 2 is 2.36 bits per heavy atom. The first-order valence-corrected chi connectivity index (χ1v) is 7.70. The van der Waals surface area contributed by atoms with E-state index in [1.807, 2.05) is 23.1 Å². The highest BCUT2D eigenvalue weighted by atomic mass is 16.5. The molecule has 0 aromatic carbocycles. The standard InChI is InChI=1S/C16H20N4O2/c1-12-18-16(19-22-12)13-5-4-10-20(11-13)15(21)8-7-14-6-2-3-9-17-14/h2-3,6,9,13H,4-5,7-8,10-11H2,1H3. The second kappa shape index (κ2) is 6.68.